The van der Waals surface area contributed by atoms with Gasteiger partial charge in [-0.15, -0.1) is 0 Å². The van der Waals surface area contributed by atoms with Gasteiger partial charge in [-0.25, -0.2) is 19.2 Å². The van der Waals surface area contributed by atoms with Crippen molar-refractivity contribution in [1.29, 1.82) is 0 Å². The molecule has 2 bridgehead atoms. The third kappa shape index (κ3) is 4.80. The molecule has 0 unspecified atom stereocenters. The summed E-state index contributed by atoms with van der Waals surface area (Å²) in [5, 5.41) is 3.99. The predicted octanol–water partition coefficient (Wildman–Crippen LogP) is 4.60. The highest BCUT2D eigenvalue weighted by Gasteiger charge is 2.47. The summed E-state index contributed by atoms with van der Waals surface area (Å²) in [5.41, 5.74) is 11.8. The number of rotatable bonds is 7. The van der Waals surface area contributed by atoms with Crippen molar-refractivity contribution in [1.82, 2.24) is 34.1 Å². The Bertz CT molecular complexity index is 1860. The lowest BCUT2D eigenvalue weighted by molar-refractivity contribution is 0.0726. The second-order valence-electron chi connectivity index (χ2n) is 13.7. The average Bonchev–Trinajstić information content (AvgIpc) is 3.36. The zero-order valence-electron chi connectivity index (χ0n) is 26.6. The summed E-state index contributed by atoms with van der Waals surface area (Å²) in [6.07, 6.45) is 4.56. The lowest BCUT2D eigenvalue weighted by Crippen LogP contribution is -2.40. The number of amides is 3. The SMILES string of the molecule is COc1cc(C(=O)N2[C@H]3CC[C@@H]2[C@H](N)C3)cc2nc(-c3cc4ccc([C@@H](C)NC(=O)N5CC[C@H](F)C5)nc4n3CC3CC3)c(C)n12. The molecule has 4 fully saturated rings. The number of carbonyl (C=O) groups is 2. The Labute approximate surface area is 266 Å². The monoisotopic (exact) mass is 628 g/mol. The van der Waals surface area contributed by atoms with Gasteiger partial charge in [-0.05, 0) is 82.6 Å². The fourth-order valence-corrected chi connectivity index (χ4v) is 7.87. The number of alkyl halides is 1. The smallest absolute Gasteiger partial charge is 0.318 e. The second kappa shape index (κ2) is 11.0. The van der Waals surface area contributed by atoms with Crippen LogP contribution in [0.15, 0.2) is 30.3 Å². The molecule has 3 saturated heterocycles. The number of nitrogens with two attached hydrogens (primary N) is 1. The molecule has 11 nitrogen and oxygen atoms in total. The zero-order valence-corrected chi connectivity index (χ0v) is 26.6. The van der Waals surface area contributed by atoms with Crippen LogP contribution in [-0.2, 0) is 6.54 Å². The molecule has 0 radical (unpaired) electrons. The lowest BCUT2D eigenvalue weighted by atomic mass is 9.97. The molecular weight excluding hydrogens is 587 g/mol. The van der Waals surface area contributed by atoms with E-state index in [0.717, 1.165) is 59.6 Å². The molecule has 3 N–H and O–H groups in total. The van der Waals surface area contributed by atoms with Gasteiger partial charge in [0.15, 0.2) is 5.88 Å². The van der Waals surface area contributed by atoms with E-state index in [-0.39, 0.29) is 42.7 Å². The van der Waals surface area contributed by atoms with E-state index >= 15 is 0 Å². The number of likely N-dealkylation sites (tertiary alicyclic amines) is 1. The van der Waals surface area contributed by atoms with Crippen LogP contribution in [-0.4, -0.2) is 85.2 Å². The van der Waals surface area contributed by atoms with Crippen molar-refractivity contribution in [2.45, 2.75) is 89.3 Å². The van der Waals surface area contributed by atoms with Crippen LogP contribution < -0.4 is 15.8 Å². The first-order valence-corrected chi connectivity index (χ1v) is 16.6. The molecule has 1 aliphatic carbocycles. The highest BCUT2D eigenvalue weighted by molar-refractivity contribution is 5.97. The number of ether oxygens (including phenoxy) is 1. The van der Waals surface area contributed by atoms with Crippen molar-refractivity contribution < 1.29 is 18.7 Å². The molecule has 7 heterocycles. The van der Waals surface area contributed by atoms with E-state index in [1.807, 2.05) is 47.4 Å². The van der Waals surface area contributed by atoms with Crippen LogP contribution in [0.3, 0.4) is 0 Å². The molecule has 1 saturated carbocycles. The molecule has 5 atom stereocenters. The van der Waals surface area contributed by atoms with Gasteiger partial charge in [0, 0.05) is 48.2 Å². The van der Waals surface area contributed by atoms with Gasteiger partial charge in [-0.1, -0.05) is 0 Å². The van der Waals surface area contributed by atoms with Gasteiger partial charge < -0.3 is 30.2 Å². The number of methoxy groups -OCH3 is 1. The van der Waals surface area contributed by atoms with E-state index < -0.39 is 6.17 Å². The molecule has 0 aromatic carbocycles. The van der Waals surface area contributed by atoms with Crippen LogP contribution in [0.4, 0.5) is 9.18 Å². The van der Waals surface area contributed by atoms with Gasteiger partial charge >= 0.3 is 6.03 Å². The number of carbonyl (C=O) groups excluding carboxylic acids is 2. The summed E-state index contributed by atoms with van der Waals surface area (Å²) >= 11 is 0. The third-order valence-corrected chi connectivity index (χ3v) is 10.5. The second-order valence-corrected chi connectivity index (χ2v) is 13.7. The number of nitrogens with zero attached hydrogens (tertiary/aromatic N) is 6. The normalized spacial score (nSPS) is 24.8. The van der Waals surface area contributed by atoms with E-state index in [4.69, 9.17) is 20.4 Å². The summed E-state index contributed by atoms with van der Waals surface area (Å²) < 4.78 is 23.7. The summed E-state index contributed by atoms with van der Waals surface area (Å²) in [5.74, 6) is 1.11. The van der Waals surface area contributed by atoms with Crippen molar-refractivity contribution in [3.63, 3.8) is 0 Å². The maximum Gasteiger partial charge on any atom is 0.318 e. The summed E-state index contributed by atoms with van der Waals surface area (Å²) in [6, 6.07) is 9.49. The third-order valence-electron chi connectivity index (χ3n) is 10.5. The average molecular weight is 629 g/mol. The van der Waals surface area contributed by atoms with Crippen LogP contribution >= 0.6 is 0 Å². The maximum atomic E-state index is 13.8. The Balaban J connectivity index is 1.16. The molecule has 242 valence electrons. The Kier molecular flexibility index (Phi) is 6.97. The van der Waals surface area contributed by atoms with Gasteiger partial charge in [0.1, 0.15) is 23.2 Å². The van der Waals surface area contributed by atoms with Crippen molar-refractivity contribution >= 4 is 28.6 Å². The van der Waals surface area contributed by atoms with E-state index in [0.29, 0.717) is 36.0 Å². The summed E-state index contributed by atoms with van der Waals surface area (Å²) in [4.78, 5) is 40.2. The van der Waals surface area contributed by atoms with E-state index in [1.54, 1.807) is 7.11 Å². The number of halogens is 1. The van der Waals surface area contributed by atoms with Crippen LogP contribution in [0.5, 0.6) is 5.88 Å². The summed E-state index contributed by atoms with van der Waals surface area (Å²) in [7, 11) is 1.62. The topological polar surface area (TPSA) is 123 Å². The Morgan fingerprint density at radius 1 is 1.13 bits per heavy atom. The molecular formula is C34H41FN8O3. The van der Waals surface area contributed by atoms with Gasteiger partial charge in [0.05, 0.1) is 36.8 Å². The highest BCUT2D eigenvalue weighted by atomic mass is 19.1. The number of fused-ring (bicyclic) bond motifs is 4. The number of hydrogen-bond donors (Lipinski definition) is 2. The minimum Gasteiger partial charge on any atom is -0.482 e. The molecule has 4 aromatic rings. The van der Waals surface area contributed by atoms with Crippen LogP contribution in [0.25, 0.3) is 28.1 Å². The largest absolute Gasteiger partial charge is 0.482 e. The van der Waals surface area contributed by atoms with Crippen molar-refractivity contribution in [3.8, 4) is 17.3 Å². The van der Waals surface area contributed by atoms with E-state index in [1.165, 1.54) is 17.7 Å². The maximum absolute atomic E-state index is 13.8. The van der Waals surface area contributed by atoms with Gasteiger partial charge in [0.25, 0.3) is 5.91 Å². The van der Waals surface area contributed by atoms with Crippen LogP contribution in [0, 0.1) is 12.8 Å². The zero-order chi connectivity index (χ0) is 31.9. The van der Waals surface area contributed by atoms with Crippen LogP contribution in [0.1, 0.15) is 73.2 Å². The first-order valence-electron chi connectivity index (χ1n) is 16.6. The predicted molar refractivity (Wildman–Crippen MR) is 172 cm³/mol. The quantitative estimate of drug-likeness (QED) is 0.309. The van der Waals surface area contributed by atoms with Crippen LogP contribution in [0.2, 0.25) is 0 Å². The number of aryl methyl sites for hydroxylation is 1. The molecule has 3 amide bonds. The summed E-state index contributed by atoms with van der Waals surface area (Å²) in [6.45, 7) is 5.29. The molecule has 12 heteroatoms. The molecule has 46 heavy (non-hydrogen) atoms. The minimum absolute atomic E-state index is 0.0153. The number of aromatic nitrogens is 4. The number of imidazole rings is 1. The van der Waals surface area contributed by atoms with Crippen molar-refractivity contribution in [3.05, 3.63) is 47.3 Å². The van der Waals surface area contributed by atoms with E-state index in [2.05, 4.69) is 16.0 Å². The molecule has 8 rings (SSSR count). The van der Waals surface area contributed by atoms with Gasteiger partial charge in [0.2, 0.25) is 0 Å². The molecule has 4 aromatic heterocycles. The molecule has 4 aliphatic rings. The Morgan fingerprint density at radius 2 is 1.96 bits per heavy atom. The van der Waals surface area contributed by atoms with Crippen molar-refractivity contribution in [2.75, 3.05) is 20.2 Å². The highest BCUT2D eigenvalue weighted by Crippen LogP contribution is 2.40. The van der Waals surface area contributed by atoms with E-state index in [9.17, 15) is 14.0 Å². The first-order chi connectivity index (χ1) is 22.2. The Hall–Kier alpha value is -4.19. The van der Waals surface area contributed by atoms with Gasteiger partial charge in [-0.2, -0.15) is 0 Å². The molecule has 0 spiro atoms. The first kappa shape index (κ1) is 29.2. The minimum atomic E-state index is -0.964. The fourth-order valence-electron chi connectivity index (χ4n) is 7.87. The number of urea groups is 1. The standard InChI is InChI=1S/C34H41FN8O3/c1-18(37-34(45)40-11-10-23(35)17-40)26-8-6-21-12-28(41(32(21)38-26)16-20-4-5-20)31-19(2)42-29(39-31)13-22(14-30(42)46-3)33(44)43-24-7-9-27(43)25(36)15-24/h6,8,12-14,18,20,23-25,27H,4-5,7,9-11,15-17,36H2,1-3H3,(H,37,45)/t18-,23+,24+,25-,27-/m1/s1. The number of nitrogens with one attached hydrogen (secondary N) is 1. The molecule has 3 aliphatic heterocycles. The van der Waals surface area contributed by atoms with Gasteiger partial charge in [-0.3, -0.25) is 9.20 Å². The number of pyridine rings is 2. The van der Waals surface area contributed by atoms with Crippen molar-refractivity contribution in [2.24, 2.45) is 11.7 Å². The fraction of sp³-hybridized carbons (Fsp3) is 0.529. The Morgan fingerprint density at radius 3 is 2.63 bits per heavy atom. The lowest BCUT2D eigenvalue weighted by Gasteiger charge is -2.23. The number of hydrogen-bond acceptors (Lipinski definition) is 6.